The Kier molecular flexibility index (Phi) is 3.91. The molecule has 126 valence electrons. The molecule has 3 heterocycles. The number of aryl methyl sites for hydroxylation is 1. The van der Waals surface area contributed by atoms with Crippen molar-refractivity contribution in [1.82, 2.24) is 24.5 Å². The molecule has 0 amide bonds. The van der Waals surface area contributed by atoms with Gasteiger partial charge in [0.05, 0.1) is 0 Å². The number of anilines is 1. The minimum Gasteiger partial charge on any atom is -0.355 e. The molecular weight excluding hydrogens is 309 g/mol. The summed E-state index contributed by atoms with van der Waals surface area (Å²) in [6, 6.07) is 2.14. The maximum Gasteiger partial charge on any atom is 0.453 e. The highest BCUT2D eigenvalue weighted by molar-refractivity contribution is 5.48. The van der Waals surface area contributed by atoms with Gasteiger partial charge in [-0.25, -0.2) is 4.98 Å². The van der Waals surface area contributed by atoms with E-state index in [4.69, 9.17) is 0 Å². The molecule has 1 aliphatic rings. The Hall–Kier alpha value is -1.90. The predicted octanol–water partition coefficient (Wildman–Crippen LogP) is 1.98. The van der Waals surface area contributed by atoms with Gasteiger partial charge in [-0.05, 0) is 26.9 Å². The Morgan fingerprint density at radius 3 is 2.74 bits per heavy atom. The van der Waals surface area contributed by atoms with E-state index in [2.05, 4.69) is 33.9 Å². The molecule has 0 spiro atoms. The monoisotopic (exact) mass is 328 g/mol. The second kappa shape index (κ2) is 5.63. The third-order valence-corrected chi connectivity index (χ3v) is 4.28. The van der Waals surface area contributed by atoms with Crippen molar-refractivity contribution in [3.8, 4) is 0 Å². The van der Waals surface area contributed by atoms with Gasteiger partial charge in [-0.3, -0.25) is 0 Å². The van der Waals surface area contributed by atoms with Gasteiger partial charge in [0, 0.05) is 30.9 Å². The lowest BCUT2D eigenvalue weighted by atomic mass is 10.2. The third kappa shape index (κ3) is 2.97. The Labute approximate surface area is 131 Å². The van der Waals surface area contributed by atoms with Crippen molar-refractivity contribution in [3.63, 3.8) is 0 Å². The van der Waals surface area contributed by atoms with E-state index in [0.29, 0.717) is 17.6 Å². The Morgan fingerprint density at radius 2 is 2.09 bits per heavy atom. The quantitative estimate of drug-likeness (QED) is 0.862. The van der Waals surface area contributed by atoms with Crippen LogP contribution in [-0.2, 0) is 6.18 Å². The van der Waals surface area contributed by atoms with Crippen molar-refractivity contribution in [3.05, 3.63) is 17.6 Å². The normalized spacial score (nSPS) is 19.3. The average molecular weight is 328 g/mol. The first kappa shape index (κ1) is 16.0. The van der Waals surface area contributed by atoms with Crippen molar-refractivity contribution < 1.29 is 13.2 Å². The highest BCUT2D eigenvalue weighted by Gasteiger charge is 2.37. The molecule has 0 aromatic carbocycles. The fraction of sp³-hybridized carbons (Fsp3) is 0.643. The molecule has 3 rings (SSSR count). The van der Waals surface area contributed by atoms with Gasteiger partial charge in [-0.15, -0.1) is 5.10 Å². The summed E-state index contributed by atoms with van der Waals surface area (Å²) in [6.07, 6.45) is -3.61. The number of fused-ring (bicyclic) bond motifs is 1. The molecule has 1 fully saturated rings. The number of hydrogen-bond acceptors (Lipinski definition) is 5. The number of rotatable bonds is 3. The van der Waals surface area contributed by atoms with Crippen LogP contribution < -0.4 is 4.90 Å². The molecule has 23 heavy (non-hydrogen) atoms. The summed E-state index contributed by atoms with van der Waals surface area (Å²) in [5.41, 5.74) is 0.626. The zero-order valence-electron chi connectivity index (χ0n) is 13.3. The largest absolute Gasteiger partial charge is 0.453 e. The number of halogens is 3. The summed E-state index contributed by atoms with van der Waals surface area (Å²) in [4.78, 5) is 11.9. The maximum atomic E-state index is 12.9. The number of hydrogen-bond donors (Lipinski definition) is 0. The van der Waals surface area contributed by atoms with Crippen LogP contribution in [0.4, 0.5) is 19.0 Å². The van der Waals surface area contributed by atoms with Crippen LogP contribution in [-0.4, -0.2) is 57.2 Å². The topological polar surface area (TPSA) is 49.6 Å². The first-order valence-electron chi connectivity index (χ1n) is 7.56. The van der Waals surface area contributed by atoms with Crippen LogP contribution >= 0.6 is 0 Å². The van der Waals surface area contributed by atoms with Crippen LogP contribution in [0.1, 0.15) is 24.9 Å². The molecular formula is C14H19F3N6. The minimum absolute atomic E-state index is 0.0142. The Morgan fingerprint density at radius 1 is 1.35 bits per heavy atom. The first-order valence-corrected chi connectivity index (χ1v) is 7.56. The summed E-state index contributed by atoms with van der Waals surface area (Å²) in [7, 11) is 2.05. The lowest BCUT2D eigenvalue weighted by molar-refractivity contribution is -0.144. The van der Waals surface area contributed by atoms with Gasteiger partial charge in [0.15, 0.2) is 0 Å². The van der Waals surface area contributed by atoms with Crippen LogP contribution in [0.15, 0.2) is 6.07 Å². The molecule has 1 unspecified atom stereocenters. The lowest BCUT2D eigenvalue weighted by Gasteiger charge is -2.24. The number of likely N-dealkylation sites (N-methyl/N-ethyl adjacent to an activating group) is 1. The molecule has 0 saturated carbocycles. The molecule has 0 radical (unpaired) electrons. The summed E-state index contributed by atoms with van der Waals surface area (Å²) in [6.45, 7) is 6.30. The summed E-state index contributed by atoms with van der Waals surface area (Å²) < 4.78 is 39.8. The summed E-state index contributed by atoms with van der Waals surface area (Å²) >= 11 is 0. The van der Waals surface area contributed by atoms with Crippen LogP contribution in [0.5, 0.6) is 0 Å². The molecule has 0 bridgehead atoms. The van der Waals surface area contributed by atoms with Crippen molar-refractivity contribution in [2.45, 2.75) is 32.5 Å². The smallest absolute Gasteiger partial charge is 0.355 e. The lowest BCUT2D eigenvalue weighted by Crippen LogP contribution is -2.34. The van der Waals surface area contributed by atoms with Crippen LogP contribution in [0, 0.1) is 6.92 Å². The van der Waals surface area contributed by atoms with Gasteiger partial charge in [-0.1, -0.05) is 6.92 Å². The molecule has 9 heteroatoms. The number of aromatic nitrogens is 4. The standard InChI is InChI=1S/C14H19F3N6/c1-4-21(3)10-5-6-22(8-10)11-7-9(2)18-13-19-12(14(15,16)17)20-23(11)13/h7,10H,4-6,8H2,1-3H3. The van der Waals surface area contributed by atoms with Crippen molar-refractivity contribution in [2.24, 2.45) is 0 Å². The van der Waals surface area contributed by atoms with Crippen molar-refractivity contribution >= 4 is 11.6 Å². The molecule has 2 aromatic heterocycles. The van der Waals surface area contributed by atoms with Crippen molar-refractivity contribution in [2.75, 3.05) is 31.6 Å². The Bertz CT molecular complexity index is 710. The second-order valence-electron chi connectivity index (χ2n) is 5.86. The van der Waals surface area contributed by atoms with Gasteiger partial charge in [-0.2, -0.15) is 22.7 Å². The first-order chi connectivity index (χ1) is 10.8. The van der Waals surface area contributed by atoms with Gasteiger partial charge in [0.1, 0.15) is 5.82 Å². The van der Waals surface area contributed by atoms with Gasteiger partial charge in [0.2, 0.25) is 0 Å². The summed E-state index contributed by atoms with van der Waals surface area (Å²) in [5, 5.41) is 3.62. The van der Waals surface area contributed by atoms with E-state index in [1.807, 2.05) is 4.90 Å². The van der Waals surface area contributed by atoms with E-state index in [9.17, 15) is 13.2 Å². The fourth-order valence-corrected chi connectivity index (χ4v) is 2.88. The zero-order valence-corrected chi connectivity index (χ0v) is 13.3. The highest BCUT2D eigenvalue weighted by Crippen LogP contribution is 2.29. The van der Waals surface area contributed by atoms with E-state index in [-0.39, 0.29) is 5.78 Å². The molecule has 1 atom stereocenters. The van der Waals surface area contributed by atoms with Crippen molar-refractivity contribution in [1.29, 1.82) is 0 Å². The van der Waals surface area contributed by atoms with Gasteiger partial charge in [0.25, 0.3) is 11.6 Å². The highest BCUT2D eigenvalue weighted by atomic mass is 19.4. The van der Waals surface area contributed by atoms with Gasteiger partial charge < -0.3 is 9.80 Å². The maximum absolute atomic E-state index is 12.9. The average Bonchev–Trinajstić information content (AvgIpc) is 3.11. The number of nitrogens with zero attached hydrogens (tertiary/aromatic N) is 6. The van der Waals surface area contributed by atoms with Crippen LogP contribution in [0.25, 0.3) is 5.78 Å². The zero-order chi connectivity index (χ0) is 16.8. The van der Waals surface area contributed by atoms with E-state index in [1.54, 1.807) is 13.0 Å². The second-order valence-corrected chi connectivity index (χ2v) is 5.86. The Balaban J connectivity index is 1.99. The predicted molar refractivity (Wildman–Crippen MR) is 79.4 cm³/mol. The molecule has 1 saturated heterocycles. The van der Waals surface area contributed by atoms with E-state index in [0.717, 1.165) is 26.1 Å². The van der Waals surface area contributed by atoms with E-state index < -0.39 is 12.0 Å². The van der Waals surface area contributed by atoms with E-state index >= 15 is 0 Å². The minimum atomic E-state index is -4.57. The molecule has 1 aliphatic heterocycles. The molecule has 2 aromatic rings. The SMILES string of the molecule is CCN(C)C1CCN(c2cc(C)nc3nc(C(F)(F)F)nn23)C1. The molecule has 6 nitrogen and oxygen atoms in total. The fourth-order valence-electron chi connectivity index (χ4n) is 2.88. The molecule has 0 aliphatic carbocycles. The van der Waals surface area contributed by atoms with Gasteiger partial charge >= 0.3 is 6.18 Å². The van der Waals surface area contributed by atoms with E-state index in [1.165, 1.54) is 4.52 Å². The number of alkyl halides is 3. The van der Waals surface area contributed by atoms with Crippen LogP contribution in [0.2, 0.25) is 0 Å². The van der Waals surface area contributed by atoms with Crippen LogP contribution in [0.3, 0.4) is 0 Å². The summed E-state index contributed by atoms with van der Waals surface area (Å²) in [5.74, 6) is -0.555. The molecule has 0 N–H and O–H groups in total. The third-order valence-electron chi connectivity index (χ3n) is 4.28.